The molecular formula is C14H11F3N4. The number of fused-ring (bicyclic) bond motifs is 1. The van der Waals surface area contributed by atoms with Crippen LogP contribution in [-0.4, -0.2) is 21.6 Å². The molecule has 0 aliphatic carbocycles. The summed E-state index contributed by atoms with van der Waals surface area (Å²) in [4.78, 5) is 3.99. The maximum atomic E-state index is 14.0. The van der Waals surface area contributed by atoms with Gasteiger partial charge in [-0.25, -0.2) is 17.7 Å². The van der Waals surface area contributed by atoms with E-state index in [1.807, 2.05) is 0 Å². The minimum Gasteiger partial charge on any atom is -0.309 e. The third-order valence-electron chi connectivity index (χ3n) is 3.33. The molecule has 0 saturated carbocycles. The smallest absolute Gasteiger partial charge is 0.194 e. The van der Waals surface area contributed by atoms with Crippen LogP contribution in [0.1, 0.15) is 17.2 Å². The van der Waals surface area contributed by atoms with E-state index in [1.54, 1.807) is 36.4 Å². The number of aromatic nitrogens is 3. The predicted molar refractivity (Wildman–Crippen MR) is 70.2 cm³/mol. The Morgan fingerprint density at radius 3 is 2.67 bits per heavy atom. The molecule has 0 spiro atoms. The number of rotatable bonds is 3. The van der Waals surface area contributed by atoms with Gasteiger partial charge >= 0.3 is 0 Å². The molecule has 0 amide bonds. The van der Waals surface area contributed by atoms with Gasteiger partial charge in [0.05, 0.1) is 24.0 Å². The molecule has 1 atom stereocenters. The fourth-order valence-corrected chi connectivity index (χ4v) is 2.32. The first kappa shape index (κ1) is 13.6. The molecule has 0 saturated heterocycles. The third kappa shape index (κ3) is 2.15. The minimum atomic E-state index is -1.48. The maximum absolute atomic E-state index is 14.0. The Bertz CT molecular complexity index is 800. The molecule has 3 rings (SSSR count). The first-order chi connectivity index (χ1) is 10.1. The molecule has 7 heteroatoms. The monoisotopic (exact) mass is 292 g/mol. The first-order valence-electron chi connectivity index (χ1n) is 6.21. The highest BCUT2D eigenvalue weighted by Gasteiger charge is 2.23. The summed E-state index contributed by atoms with van der Waals surface area (Å²) in [5, 5.41) is 7.02. The molecule has 3 aromatic rings. The summed E-state index contributed by atoms with van der Waals surface area (Å²) < 4.78 is 42.1. The maximum Gasteiger partial charge on any atom is 0.194 e. The van der Waals surface area contributed by atoms with Gasteiger partial charge in [0.2, 0.25) is 0 Å². The van der Waals surface area contributed by atoms with E-state index >= 15 is 0 Å². The highest BCUT2D eigenvalue weighted by Crippen LogP contribution is 2.28. The fraction of sp³-hybridized carbons (Fsp3) is 0.143. The van der Waals surface area contributed by atoms with Crippen molar-refractivity contribution in [1.29, 1.82) is 0 Å². The van der Waals surface area contributed by atoms with Gasteiger partial charge in [0.1, 0.15) is 0 Å². The standard InChI is InChI=1S/C14H11F3N4/c1-18-14(8-2-3-10(15)13(17)12(8)16)9-6-20-21-5-4-19-7-11(9)21/h2-7,14,18H,1H3. The van der Waals surface area contributed by atoms with Crippen LogP contribution < -0.4 is 5.32 Å². The van der Waals surface area contributed by atoms with Gasteiger partial charge in [-0.15, -0.1) is 0 Å². The Hall–Kier alpha value is -2.41. The van der Waals surface area contributed by atoms with E-state index in [4.69, 9.17) is 0 Å². The lowest BCUT2D eigenvalue weighted by molar-refractivity contribution is 0.435. The predicted octanol–water partition coefficient (Wildman–Crippen LogP) is 2.46. The molecule has 2 heterocycles. The quantitative estimate of drug-likeness (QED) is 0.754. The molecule has 1 aromatic carbocycles. The van der Waals surface area contributed by atoms with E-state index in [0.717, 1.165) is 6.07 Å². The van der Waals surface area contributed by atoms with Crippen LogP contribution in [0.5, 0.6) is 0 Å². The number of hydrogen-bond donors (Lipinski definition) is 1. The first-order valence-corrected chi connectivity index (χ1v) is 6.21. The van der Waals surface area contributed by atoms with Crippen molar-refractivity contribution >= 4 is 5.52 Å². The van der Waals surface area contributed by atoms with E-state index in [0.29, 0.717) is 11.1 Å². The molecule has 0 aliphatic heterocycles. The molecule has 21 heavy (non-hydrogen) atoms. The Morgan fingerprint density at radius 1 is 1.10 bits per heavy atom. The van der Waals surface area contributed by atoms with E-state index < -0.39 is 23.5 Å². The van der Waals surface area contributed by atoms with Crippen LogP contribution >= 0.6 is 0 Å². The average Bonchev–Trinajstić information content (AvgIpc) is 2.92. The van der Waals surface area contributed by atoms with Crippen molar-refractivity contribution in [3.8, 4) is 0 Å². The van der Waals surface area contributed by atoms with Gasteiger partial charge in [0.15, 0.2) is 17.5 Å². The lowest BCUT2D eigenvalue weighted by Crippen LogP contribution is -2.19. The Kier molecular flexibility index (Phi) is 3.34. The highest BCUT2D eigenvalue weighted by atomic mass is 19.2. The van der Waals surface area contributed by atoms with Gasteiger partial charge in [-0.05, 0) is 13.1 Å². The topological polar surface area (TPSA) is 42.2 Å². The second-order valence-electron chi connectivity index (χ2n) is 4.49. The zero-order valence-corrected chi connectivity index (χ0v) is 11.0. The second-order valence-corrected chi connectivity index (χ2v) is 4.49. The van der Waals surface area contributed by atoms with E-state index in [9.17, 15) is 13.2 Å². The van der Waals surface area contributed by atoms with Crippen molar-refractivity contribution in [3.63, 3.8) is 0 Å². The van der Waals surface area contributed by atoms with Gasteiger partial charge in [-0.2, -0.15) is 5.10 Å². The number of nitrogens with one attached hydrogen (secondary N) is 1. The molecule has 0 fully saturated rings. The van der Waals surface area contributed by atoms with E-state index in [-0.39, 0.29) is 5.56 Å². The molecular weight excluding hydrogens is 281 g/mol. The number of halogens is 3. The van der Waals surface area contributed by atoms with Crippen molar-refractivity contribution in [1.82, 2.24) is 19.9 Å². The molecule has 4 nitrogen and oxygen atoms in total. The second kappa shape index (κ2) is 5.17. The summed E-state index contributed by atoms with van der Waals surface area (Å²) in [6.45, 7) is 0. The van der Waals surface area contributed by atoms with Crippen molar-refractivity contribution in [2.75, 3.05) is 7.05 Å². The lowest BCUT2D eigenvalue weighted by atomic mass is 9.99. The van der Waals surface area contributed by atoms with Crippen molar-refractivity contribution in [2.24, 2.45) is 0 Å². The van der Waals surface area contributed by atoms with Crippen LogP contribution in [-0.2, 0) is 0 Å². The normalized spacial score (nSPS) is 12.8. The van der Waals surface area contributed by atoms with Crippen LogP contribution in [0.3, 0.4) is 0 Å². The van der Waals surface area contributed by atoms with Gasteiger partial charge in [0.25, 0.3) is 0 Å². The number of hydrogen-bond acceptors (Lipinski definition) is 3. The van der Waals surface area contributed by atoms with E-state index in [2.05, 4.69) is 15.4 Å². The zero-order chi connectivity index (χ0) is 15.0. The molecule has 2 aromatic heterocycles. The number of nitrogens with zero attached hydrogens (tertiary/aromatic N) is 3. The summed E-state index contributed by atoms with van der Waals surface area (Å²) in [5.41, 5.74) is 1.28. The molecule has 0 bridgehead atoms. The Labute approximate surface area is 118 Å². The van der Waals surface area contributed by atoms with Crippen molar-refractivity contribution in [2.45, 2.75) is 6.04 Å². The fourth-order valence-electron chi connectivity index (χ4n) is 2.32. The summed E-state index contributed by atoms with van der Waals surface area (Å²) >= 11 is 0. The van der Waals surface area contributed by atoms with Crippen LogP contribution in [0.25, 0.3) is 5.52 Å². The summed E-state index contributed by atoms with van der Waals surface area (Å²) in [6.07, 6.45) is 6.33. The molecule has 0 radical (unpaired) electrons. The van der Waals surface area contributed by atoms with Crippen molar-refractivity contribution < 1.29 is 13.2 Å². The molecule has 108 valence electrons. The third-order valence-corrected chi connectivity index (χ3v) is 3.33. The largest absolute Gasteiger partial charge is 0.309 e. The van der Waals surface area contributed by atoms with E-state index in [1.165, 1.54) is 6.07 Å². The highest BCUT2D eigenvalue weighted by molar-refractivity contribution is 5.55. The summed E-state index contributed by atoms with van der Waals surface area (Å²) in [5.74, 6) is -3.91. The number of benzene rings is 1. The zero-order valence-electron chi connectivity index (χ0n) is 11.0. The van der Waals surface area contributed by atoms with Gasteiger partial charge in [0, 0.05) is 23.5 Å². The van der Waals surface area contributed by atoms with Crippen LogP contribution in [0.4, 0.5) is 13.2 Å². The summed E-state index contributed by atoms with van der Waals surface area (Å²) in [6, 6.07) is 1.46. The average molecular weight is 292 g/mol. The molecule has 0 aliphatic rings. The van der Waals surface area contributed by atoms with Crippen LogP contribution in [0, 0.1) is 17.5 Å². The minimum absolute atomic E-state index is 0.00940. The molecule has 1 N–H and O–H groups in total. The SMILES string of the molecule is CNC(c1ccc(F)c(F)c1F)c1cnn2ccncc12. The van der Waals surface area contributed by atoms with Crippen LogP contribution in [0.15, 0.2) is 36.9 Å². The van der Waals surface area contributed by atoms with Crippen LogP contribution in [0.2, 0.25) is 0 Å². The Morgan fingerprint density at radius 2 is 1.90 bits per heavy atom. The summed E-state index contributed by atoms with van der Waals surface area (Å²) in [7, 11) is 1.60. The van der Waals surface area contributed by atoms with Gasteiger partial charge in [-0.1, -0.05) is 6.07 Å². The lowest BCUT2D eigenvalue weighted by Gasteiger charge is -2.17. The molecule has 1 unspecified atom stereocenters. The Balaban J connectivity index is 2.17. The van der Waals surface area contributed by atoms with Crippen molar-refractivity contribution in [3.05, 3.63) is 65.5 Å². The van der Waals surface area contributed by atoms with Gasteiger partial charge in [-0.3, -0.25) is 4.98 Å². The van der Waals surface area contributed by atoms with Gasteiger partial charge < -0.3 is 5.32 Å².